The summed E-state index contributed by atoms with van der Waals surface area (Å²) in [5, 5.41) is 0.620. The third kappa shape index (κ3) is 2.50. The van der Waals surface area contributed by atoms with Gasteiger partial charge in [0, 0.05) is 31.9 Å². The molecule has 3 heterocycles. The summed E-state index contributed by atoms with van der Waals surface area (Å²) in [6.07, 6.45) is 10.4. The van der Waals surface area contributed by atoms with Crippen molar-refractivity contribution in [1.29, 1.82) is 0 Å². The quantitative estimate of drug-likeness (QED) is 0.872. The number of hydrogen-bond donors (Lipinski definition) is 0. The molecule has 0 N–H and O–H groups in total. The zero-order valence-corrected chi connectivity index (χ0v) is 12.3. The number of nitrogens with zero attached hydrogens (tertiary/aromatic N) is 5. The van der Waals surface area contributed by atoms with Crippen LogP contribution in [-0.2, 0) is 6.42 Å². The van der Waals surface area contributed by atoms with E-state index in [2.05, 4.69) is 37.5 Å². The number of anilines is 1. The van der Waals surface area contributed by atoms with Gasteiger partial charge in [-0.1, -0.05) is 18.5 Å². The van der Waals surface area contributed by atoms with Crippen molar-refractivity contribution in [2.45, 2.75) is 32.2 Å². The van der Waals surface area contributed by atoms with Gasteiger partial charge in [0.25, 0.3) is 0 Å². The first kappa shape index (κ1) is 13.4. The van der Waals surface area contributed by atoms with Gasteiger partial charge in [-0.2, -0.15) is 0 Å². The van der Waals surface area contributed by atoms with E-state index in [4.69, 9.17) is 11.6 Å². The first-order valence-electron chi connectivity index (χ1n) is 7.01. The maximum atomic E-state index is 6.20. The number of aromatic nitrogens is 4. The van der Waals surface area contributed by atoms with Crippen molar-refractivity contribution in [1.82, 2.24) is 19.5 Å². The maximum absolute atomic E-state index is 6.20. The van der Waals surface area contributed by atoms with Gasteiger partial charge in [-0.3, -0.25) is 0 Å². The van der Waals surface area contributed by atoms with Crippen LogP contribution in [0.1, 0.15) is 31.6 Å². The van der Waals surface area contributed by atoms with Crippen molar-refractivity contribution in [3.05, 3.63) is 35.8 Å². The number of imidazole rings is 1. The molecule has 5 nitrogen and oxygen atoms in total. The number of aryl methyl sites for hydroxylation is 1. The summed E-state index contributed by atoms with van der Waals surface area (Å²) in [5.74, 6) is 1.98. The van der Waals surface area contributed by atoms with Gasteiger partial charge in [-0.15, -0.1) is 0 Å². The molecule has 1 aliphatic heterocycles. The van der Waals surface area contributed by atoms with Gasteiger partial charge >= 0.3 is 0 Å². The minimum absolute atomic E-state index is 0.437. The fourth-order valence-corrected chi connectivity index (χ4v) is 3.09. The molecule has 1 atom stereocenters. The maximum Gasteiger partial charge on any atom is 0.150 e. The Kier molecular flexibility index (Phi) is 3.87. The molecule has 1 unspecified atom stereocenters. The van der Waals surface area contributed by atoms with Gasteiger partial charge in [-0.25, -0.2) is 15.0 Å². The van der Waals surface area contributed by atoms with Crippen LogP contribution < -0.4 is 4.90 Å². The van der Waals surface area contributed by atoms with E-state index in [9.17, 15) is 0 Å². The lowest BCUT2D eigenvalue weighted by Crippen LogP contribution is -2.37. The Labute approximate surface area is 123 Å². The highest BCUT2D eigenvalue weighted by Crippen LogP contribution is 2.29. The van der Waals surface area contributed by atoms with Gasteiger partial charge in [0.1, 0.15) is 17.2 Å². The molecule has 20 heavy (non-hydrogen) atoms. The first-order chi connectivity index (χ1) is 9.79. The molecule has 0 amide bonds. The minimum atomic E-state index is 0.437. The van der Waals surface area contributed by atoms with Crippen LogP contribution in [0.25, 0.3) is 0 Å². The van der Waals surface area contributed by atoms with Crippen LogP contribution in [0.5, 0.6) is 0 Å². The molecule has 2 aromatic heterocycles. The zero-order valence-electron chi connectivity index (χ0n) is 11.5. The van der Waals surface area contributed by atoms with Gasteiger partial charge in [0.15, 0.2) is 5.82 Å². The van der Waals surface area contributed by atoms with E-state index in [1.165, 1.54) is 6.42 Å². The molecule has 1 fully saturated rings. The second-order valence-electron chi connectivity index (χ2n) is 5.04. The van der Waals surface area contributed by atoms with Crippen molar-refractivity contribution < 1.29 is 0 Å². The van der Waals surface area contributed by atoms with E-state index < -0.39 is 0 Å². The fourth-order valence-electron chi connectivity index (χ4n) is 2.86. The number of rotatable bonds is 3. The highest BCUT2D eigenvalue weighted by molar-refractivity contribution is 6.32. The summed E-state index contributed by atoms with van der Waals surface area (Å²) in [4.78, 5) is 14.9. The van der Waals surface area contributed by atoms with E-state index in [0.29, 0.717) is 11.1 Å². The summed E-state index contributed by atoms with van der Waals surface area (Å²) in [6.45, 7) is 4.05. The molecule has 3 rings (SSSR count). The minimum Gasteiger partial charge on any atom is -0.353 e. The van der Waals surface area contributed by atoms with Crippen molar-refractivity contribution >= 4 is 17.4 Å². The second-order valence-corrected chi connectivity index (χ2v) is 5.45. The van der Waals surface area contributed by atoms with Crippen LogP contribution in [-0.4, -0.2) is 32.6 Å². The van der Waals surface area contributed by atoms with Gasteiger partial charge in [0.05, 0.1) is 12.2 Å². The number of piperidine rings is 1. The molecule has 106 valence electrons. The van der Waals surface area contributed by atoms with Crippen LogP contribution in [0.15, 0.2) is 24.9 Å². The SMILES string of the molecule is CCc1nccn1C1CCCN(c2ncncc2Cl)C1. The average Bonchev–Trinajstić information content (AvgIpc) is 2.96. The van der Waals surface area contributed by atoms with Crippen molar-refractivity contribution in [2.24, 2.45) is 0 Å². The summed E-state index contributed by atoms with van der Waals surface area (Å²) < 4.78 is 2.29. The molecule has 1 aliphatic rings. The van der Waals surface area contributed by atoms with Crippen LogP contribution >= 0.6 is 11.6 Å². The largest absolute Gasteiger partial charge is 0.353 e. The topological polar surface area (TPSA) is 46.8 Å². The second kappa shape index (κ2) is 5.79. The van der Waals surface area contributed by atoms with E-state index in [1.54, 1.807) is 12.5 Å². The molecule has 0 aromatic carbocycles. The normalized spacial score (nSPS) is 19.3. The third-order valence-corrected chi connectivity index (χ3v) is 4.07. The van der Waals surface area contributed by atoms with Crippen LogP contribution in [0.3, 0.4) is 0 Å². The molecular weight excluding hydrogens is 274 g/mol. The molecule has 0 saturated carbocycles. The Balaban J connectivity index is 1.82. The lowest BCUT2D eigenvalue weighted by Gasteiger charge is -2.35. The Morgan fingerprint density at radius 2 is 2.30 bits per heavy atom. The Morgan fingerprint density at radius 1 is 1.40 bits per heavy atom. The van der Waals surface area contributed by atoms with Gasteiger partial charge in [0.2, 0.25) is 0 Å². The molecule has 0 spiro atoms. The lowest BCUT2D eigenvalue weighted by atomic mass is 10.1. The standard InChI is InChI=1S/C14H18ClN5/c1-2-13-17-5-7-20(13)11-4-3-6-19(9-11)14-12(15)8-16-10-18-14/h5,7-8,10-11H,2-4,6,9H2,1H3. The van der Waals surface area contributed by atoms with Gasteiger partial charge in [-0.05, 0) is 12.8 Å². The summed E-state index contributed by atoms with van der Waals surface area (Å²) in [7, 11) is 0. The fraction of sp³-hybridized carbons (Fsp3) is 0.500. The summed E-state index contributed by atoms with van der Waals surface area (Å²) in [5.41, 5.74) is 0. The van der Waals surface area contributed by atoms with Crippen molar-refractivity contribution in [3.63, 3.8) is 0 Å². The first-order valence-corrected chi connectivity index (χ1v) is 7.39. The highest BCUT2D eigenvalue weighted by Gasteiger charge is 2.24. The van der Waals surface area contributed by atoms with Crippen molar-refractivity contribution in [3.8, 4) is 0 Å². The van der Waals surface area contributed by atoms with E-state index >= 15 is 0 Å². The monoisotopic (exact) mass is 291 g/mol. The molecule has 0 aliphatic carbocycles. The van der Waals surface area contributed by atoms with Gasteiger partial charge < -0.3 is 9.47 Å². The predicted octanol–water partition coefficient (Wildman–Crippen LogP) is 2.73. The molecular formula is C14H18ClN5. The highest BCUT2D eigenvalue weighted by atomic mass is 35.5. The molecule has 1 saturated heterocycles. The number of halogens is 1. The Morgan fingerprint density at radius 3 is 3.10 bits per heavy atom. The Bertz CT molecular complexity index is 582. The third-order valence-electron chi connectivity index (χ3n) is 3.80. The predicted molar refractivity (Wildman–Crippen MR) is 79.1 cm³/mol. The van der Waals surface area contributed by atoms with E-state index in [0.717, 1.165) is 37.6 Å². The summed E-state index contributed by atoms with van der Waals surface area (Å²) >= 11 is 6.20. The van der Waals surface area contributed by atoms with E-state index in [-0.39, 0.29) is 0 Å². The van der Waals surface area contributed by atoms with Crippen LogP contribution in [0.4, 0.5) is 5.82 Å². The molecule has 6 heteroatoms. The van der Waals surface area contributed by atoms with Crippen LogP contribution in [0, 0.1) is 0 Å². The average molecular weight is 292 g/mol. The Hall–Kier alpha value is -1.62. The lowest BCUT2D eigenvalue weighted by molar-refractivity contribution is 0.394. The van der Waals surface area contributed by atoms with Crippen molar-refractivity contribution in [2.75, 3.05) is 18.0 Å². The van der Waals surface area contributed by atoms with Crippen LogP contribution in [0.2, 0.25) is 5.02 Å². The zero-order chi connectivity index (χ0) is 13.9. The molecule has 0 bridgehead atoms. The smallest absolute Gasteiger partial charge is 0.150 e. The summed E-state index contributed by atoms with van der Waals surface area (Å²) in [6, 6.07) is 0.437. The number of hydrogen-bond acceptors (Lipinski definition) is 4. The van der Waals surface area contributed by atoms with E-state index in [1.807, 2.05) is 6.20 Å². The molecule has 2 aromatic rings. The molecule has 0 radical (unpaired) electrons.